The highest BCUT2D eigenvalue weighted by Gasteiger charge is 2.19. The van der Waals surface area contributed by atoms with Crippen LogP contribution in [0.25, 0.3) is 0 Å². The highest BCUT2D eigenvalue weighted by Crippen LogP contribution is 2.28. The van der Waals surface area contributed by atoms with E-state index in [1.54, 1.807) is 7.11 Å². The molecule has 0 spiro atoms. The van der Waals surface area contributed by atoms with Crippen molar-refractivity contribution in [1.82, 2.24) is 4.90 Å². The molecule has 0 atom stereocenters. The van der Waals surface area contributed by atoms with Gasteiger partial charge in [0.1, 0.15) is 17.3 Å². The Kier molecular flexibility index (Phi) is 3.75. The first-order chi connectivity index (χ1) is 8.61. The lowest BCUT2D eigenvalue weighted by molar-refractivity contribution is 0.240. The zero-order valence-corrected chi connectivity index (χ0v) is 11.4. The van der Waals surface area contributed by atoms with E-state index < -0.39 is 0 Å². The largest absolute Gasteiger partial charge is 0.497 e. The van der Waals surface area contributed by atoms with Crippen molar-refractivity contribution in [2.45, 2.75) is 20.0 Å². The van der Waals surface area contributed by atoms with Crippen LogP contribution in [-0.2, 0) is 0 Å². The van der Waals surface area contributed by atoms with Crippen molar-refractivity contribution in [1.29, 1.82) is 0 Å². The van der Waals surface area contributed by atoms with Crippen molar-refractivity contribution < 1.29 is 9.47 Å². The van der Waals surface area contributed by atoms with Gasteiger partial charge in [0.25, 0.3) is 0 Å². The summed E-state index contributed by atoms with van der Waals surface area (Å²) in [6, 6.07) is 5.87. The van der Waals surface area contributed by atoms with Crippen molar-refractivity contribution in [3.05, 3.63) is 23.8 Å². The number of hydrogen-bond acceptors (Lipinski definition) is 4. The Labute approximate surface area is 108 Å². The van der Waals surface area contributed by atoms with Gasteiger partial charge in [-0.2, -0.15) is 0 Å². The second-order valence-corrected chi connectivity index (χ2v) is 4.66. The highest BCUT2D eigenvalue weighted by molar-refractivity contribution is 6.02. The number of amidine groups is 1. The number of methoxy groups -OCH3 is 1. The quantitative estimate of drug-likeness (QED) is 0.819. The molecule has 4 heteroatoms. The molecule has 0 fully saturated rings. The van der Waals surface area contributed by atoms with E-state index in [1.165, 1.54) is 0 Å². The summed E-state index contributed by atoms with van der Waals surface area (Å²) in [5.41, 5.74) is 1.03. The van der Waals surface area contributed by atoms with E-state index in [1.807, 2.05) is 32.0 Å². The molecule has 1 aliphatic rings. The third-order valence-electron chi connectivity index (χ3n) is 2.85. The van der Waals surface area contributed by atoms with Crippen LogP contribution in [0, 0.1) is 0 Å². The van der Waals surface area contributed by atoms with Gasteiger partial charge in [-0.05, 0) is 26.0 Å². The zero-order valence-electron chi connectivity index (χ0n) is 11.4. The maximum absolute atomic E-state index is 5.86. The maximum atomic E-state index is 5.86. The molecular formula is C14H20N2O2. The summed E-state index contributed by atoms with van der Waals surface area (Å²) >= 11 is 0. The minimum Gasteiger partial charge on any atom is -0.497 e. The molecule has 0 saturated carbocycles. The minimum absolute atomic E-state index is 0.128. The van der Waals surface area contributed by atoms with Gasteiger partial charge in [-0.15, -0.1) is 0 Å². The van der Waals surface area contributed by atoms with E-state index >= 15 is 0 Å². The molecule has 0 aromatic heterocycles. The van der Waals surface area contributed by atoms with Crippen LogP contribution in [0.5, 0.6) is 11.5 Å². The van der Waals surface area contributed by atoms with Crippen LogP contribution < -0.4 is 9.47 Å². The molecule has 0 saturated heterocycles. The van der Waals surface area contributed by atoms with Crippen molar-refractivity contribution in [3.8, 4) is 11.5 Å². The second-order valence-electron chi connectivity index (χ2n) is 4.66. The second kappa shape index (κ2) is 5.29. The Hall–Kier alpha value is -1.71. The third kappa shape index (κ3) is 2.58. The van der Waals surface area contributed by atoms with E-state index in [0.29, 0.717) is 0 Å². The number of ether oxygens (including phenoxy) is 2. The van der Waals surface area contributed by atoms with Gasteiger partial charge in [0.15, 0.2) is 0 Å². The molecule has 98 valence electrons. The Morgan fingerprint density at radius 2 is 2.11 bits per heavy atom. The van der Waals surface area contributed by atoms with Crippen molar-refractivity contribution in [2.75, 3.05) is 27.2 Å². The number of aliphatic imine (C=N–C) groups is 1. The normalized spacial score (nSPS) is 14.9. The number of nitrogens with zero attached hydrogens (tertiary/aromatic N) is 2. The number of hydrogen-bond donors (Lipinski definition) is 0. The van der Waals surface area contributed by atoms with E-state index in [0.717, 1.165) is 36.0 Å². The van der Waals surface area contributed by atoms with Crippen LogP contribution in [0.3, 0.4) is 0 Å². The summed E-state index contributed by atoms with van der Waals surface area (Å²) in [4.78, 5) is 6.68. The molecule has 0 aliphatic carbocycles. The van der Waals surface area contributed by atoms with Gasteiger partial charge in [-0.1, -0.05) is 0 Å². The molecule has 1 aliphatic heterocycles. The van der Waals surface area contributed by atoms with Gasteiger partial charge in [0, 0.05) is 19.7 Å². The van der Waals surface area contributed by atoms with Crippen LogP contribution in [0.4, 0.5) is 0 Å². The fourth-order valence-electron chi connectivity index (χ4n) is 1.99. The third-order valence-corrected chi connectivity index (χ3v) is 2.85. The zero-order chi connectivity index (χ0) is 13.1. The topological polar surface area (TPSA) is 34.1 Å². The summed E-state index contributed by atoms with van der Waals surface area (Å²) in [7, 11) is 3.71. The van der Waals surface area contributed by atoms with Crippen LogP contribution >= 0.6 is 0 Å². The number of rotatable bonds is 4. The van der Waals surface area contributed by atoms with Gasteiger partial charge in [0.2, 0.25) is 0 Å². The minimum atomic E-state index is 0.128. The van der Waals surface area contributed by atoms with E-state index in [2.05, 4.69) is 16.9 Å². The molecule has 18 heavy (non-hydrogen) atoms. The lowest BCUT2D eigenvalue weighted by atomic mass is 10.1. The standard InChI is InChI=1S/C14H20N2O2/c1-10(2)18-13-9-11(17-4)5-6-12(13)14-15-7-8-16(14)3/h5-6,9-10H,7-8H2,1-4H3. The van der Waals surface area contributed by atoms with E-state index in [4.69, 9.17) is 9.47 Å². The molecule has 1 heterocycles. The molecule has 0 amide bonds. The molecule has 4 nitrogen and oxygen atoms in total. The molecule has 0 N–H and O–H groups in total. The Balaban J connectivity index is 2.39. The first-order valence-electron chi connectivity index (χ1n) is 6.22. The van der Waals surface area contributed by atoms with Gasteiger partial charge in [-0.25, -0.2) is 0 Å². The maximum Gasteiger partial charge on any atom is 0.134 e. The van der Waals surface area contributed by atoms with Crippen LogP contribution in [0.1, 0.15) is 19.4 Å². The van der Waals surface area contributed by atoms with Gasteiger partial charge < -0.3 is 14.4 Å². The predicted octanol–water partition coefficient (Wildman–Crippen LogP) is 2.17. The summed E-state index contributed by atoms with van der Waals surface area (Å²) in [5, 5.41) is 0. The monoisotopic (exact) mass is 248 g/mol. The van der Waals surface area contributed by atoms with E-state index in [9.17, 15) is 0 Å². The Morgan fingerprint density at radius 3 is 2.67 bits per heavy atom. The fraction of sp³-hybridized carbons (Fsp3) is 0.500. The molecule has 0 radical (unpaired) electrons. The average Bonchev–Trinajstić information content (AvgIpc) is 2.74. The number of likely N-dealkylation sites (N-methyl/N-ethyl adjacent to an activating group) is 1. The lowest BCUT2D eigenvalue weighted by Gasteiger charge is -2.19. The first-order valence-corrected chi connectivity index (χ1v) is 6.22. The van der Waals surface area contributed by atoms with Crippen molar-refractivity contribution in [2.24, 2.45) is 4.99 Å². The van der Waals surface area contributed by atoms with Crippen molar-refractivity contribution >= 4 is 5.84 Å². The van der Waals surface area contributed by atoms with Crippen LogP contribution in [-0.4, -0.2) is 44.1 Å². The summed E-state index contributed by atoms with van der Waals surface area (Å²) < 4.78 is 11.1. The predicted molar refractivity (Wildman–Crippen MR) is 72.8 cm³/mol. The molecule has 0 unspecified atom stereocenters. The van der Waals surface area contributed by atoms with Crippen LogP contribution in [0.15, 0.2) is 23.2 Å². The van der Waals surface area contributed by atoms with Crippen molar-refractivity contribution in [3.63, 3.8) is 0 Å². The lowest BCUT2D eigenvalue weighted by Crippen LogP contribution is -2.24. The molecule has 1 aromatic carbocycles. The fourth-order valence-corrected chi connectivity index (χ4v) is 1.99. The summed E-state index contributed by atoms with van der Waals surface area (Å²) in [6.07, 6.45) is 0.128. The van der Waals surface area contributed by atoms with Gasteiger partial charge >= 0.3 is 0 Å². The van der Waals surface area contributed by atoms with E-state index in [-0.39, 0.29) is 6.10 Å². The molecule has 0 bridgehead atoms. The van der Waals surface area contributed by atoms with Crippen LogP contribution in [0.2, 0.25) is 0 Å². The molecule has 2 rings (SSSR count). The highest BCUT2D eigenvalue weighted by atomic mass is 16.5. The number of benzene rings is 1. The molecular weight excluding hydrogens is 228 g/mol. The Morgan fingerprint density at radius 1 is 1.33 bits per heavy atom. The van der Waals surface area contributed by atoms with Gasteiger partial charge in [0.05, 0.1) is 25.3 Å². The van der Waals surface area contributed by atoms with Gasteiger partial charge in [-0.3, -0.25) is 4.99 Å². The molecule has 1 aromatic rings. The smallest absolute Gasteiger partial charge is 0.134 e. The Bertz CT molecular complexity index is 455. The average molecular weight is 248 g/mol. The SMILES string of the molecule is COc1ccc(C2=NCCN2C)c(OC(C)C)c1. The summed E-state index contributed by atoms with van der Waals surface area (Å²) in [6.45, 7) is 5.84. The summed E-state index contributed by atoms with van der Waals surface area (Å²) in [5.74, 6) is 2.63. The first kappa shape index (κ1) is 12.7.